The van der Waals surface area contributed by atoms with Crippen molar-refractivity contribution in [2.75, 3.05) is 13.1 Å². The van der Waals surface area contributed by atoms with Crippen LogP contribution in [0.2, 0.25) is 0 Å². The topological polar surface area (TPSA) is 83.6 Å². The molecule has 0 saturated carbocycles. The third-order valence-electron chi connectivity index (χ3n) is 7.84. The van der Waals surface area contributed by atoms with Crippen molar-refractivity contribution in [1.29, 1.82) is 0 Å². The fourth-order valence-corrected chi connectivity index (χ4v) is 5.94. The van der Waals surface area contributed by atoms with Crippen LogP contribution in [0.5, 0.6) is 0 Å². The molecule has 6 heteroatoms. The largest absolute Gasteiger partial charge is 0.478 e. The van der Waals surface area contributed by atoms with Crippen molar-refractivity contribution in [2.24, 2.45) is 10.8 Å². The SMILES string of the molecule is Cc1oc(-c2ccccc2)nc1CC(=O)N1CC=C2C(C)(C)C(c3ccc(C(=O)O)cc3)=CC[C@]2(C)C1. The highest BCUT2D eigenvalue weighted by atomic mass is 16.4. The number of benzene rings is 2. The van der Waals surface area contributed by atoms with Crippen LogP contribution in [0.1, 0.15) is 54.6 Å². The molecule has 0 saturated heterocycles. The molecular formula is C31H32N2O4. The van der Waals surface area contributed by atoms with Crippen molar-refractivity contribution in [3.05, 3.63) is 94.9 Å². The van der Waals surface area contributed by atoms with Gasteiger partial charge in [-0.2, -0.15) is 0 Å². The zero-order valence-corrected chi connectivity index (χ0v) is 21.7. The first kappa shape index (κ1) is 24.8. The molecule has 2 heterocycles. The van der Waals surface area contributed by atoms with E-state index in [1.54, 1.807) is 12.1 Å². The quantitative estimate of drug-likeness (QED) is 0.427. The molecule has 1 aliphatic carbocycles. The molecule has 190 valence electrons. The normalized spacial score (nSPS) is 20.6. The summed E-state index contributed by atoms with van der Waals surface area (Å²) in [7, 11) is 0. The van der Waals surface area contributed by atoms with Gasteiger partial charge in [0, 0.05) is 29.5 Å². The van der Waals surface area contributed by atoms with Crippen molar-refractivity contribution >= 4 is 17.4 Å². The van der Waals surface area contributed by atoms with Gasteiger partial charge in [-0.25, -0.2) is 9.78 Å². The lowest BCUT2D eigenvalue weighted by Gasteiger charge is -2.50. The van der Waals surface area contributed by atoms with E-state index in [4.69, 9.17) is 4.42 Å². The van der Waals surface area contributed by atoms with Gasteiger partial charge in [-0.1, -0.05) is 68.8 Å². The minimum Gasteiger partial charge on any atom is -0.478 e. The molecule has 37 heavy (non-hydrogen) atoms. The third kappa shape index (κ3) is 4.52. The number of carbonyl (C=O) groups is 2. The minimum absolute atomic E-state index is 0.0457. The van der Waals surface area contributed by atoms with Gasteiger partial charge in [0.25, 0.3) is 0 Å². The lowest BCUT2D eigenvalue weighted by atomic mass is 9.58. The maximum atomic E-state index is 13.4. The van der Waals surface area contributed by atoms with Crippen molar-refractivity contribution in [3.63, 3.8) is 0 Å². The highest BCUT2D eigenvalue weighted by Crippen LogP contribution is 2.55. The third-order valence-corrected chi connectivity index (χ3v) is 7.84. The minimum atomic E-state index is -0.923. The van der Waals surface area contributed by atoms with E-state index in [0.29, 0.717) is 30.4 Å². The second-order valence-electron chi connectivity index (χ2n) is 10.8. The first-order valence-electron chi connectivity index (χ1n) is 12.6. The highest BCUT2D eigenvalue weighted by Gasteiger charge is 2.46. The number of hydrogen-bond acceptors (Lipinski definition) is 4. The number of allylic oxidation sites excluding steroid dienone is 2. The smallest absolute Gasteiger partial charge is 0.335 e. The zero-order valence-electron chi connectivity index (χ0n) is 21.7. The average Bonchev–Trinajstić information content (AvgIpc) is 3.24. The van der Waals surface area contributed by atoms with Gasteiger partial charge in [-0.15, -0.1) is 0 Å². The Labute approximate surface area is 217 Å². The number of carbonyl (C=O) groups excluding carboxylic acids is 1. The molecule has 5 rings (SSSR count). The summed E-state index contributed by atoms with van der Waals surface area (Å²) in [5, 5.41) is 9.24. The number of hydrogen-bond donors (Lipinski definition) is 1. The summed E-state index contributed by atoms with van der Waals surface area (Å²) >= 11 is 0. The fourth-order valence-electron chi connectivity index (χ4n) is 5.94. The highest BCUT2D eigenvalue weighted by molar-refractivity contribution is 5.88. The number of carboxylic acids is 1. The number of rotatable bonds is 5. The van der Waals surface area contributed by atoms with Crippen LogP contribution in [0.25, 0.3) is 17.0 Å². The van der Waals surface area contributed by atoms with Crippen molar-refractivity contribution in [3.8, 4) is 11.5 Å². The number of nitrogens with zero attached hydrogens (tertiary/aromatic N) is 2. The molecule has 0 radical (unpaired) electrons. The molecule has 1 aliphatic heterocycles. The van der Waals surface area contributed by atoms with Crippen LogP contribution in [0.4, 0.5) is 0 Å². The van der Waals surface area contributed by atoms with Crippen LogP contribution >= 0.6 is 0 Å². The average molecular weight is 497 g/mol. The van der Waals surface area contributed by atoms with E-state index in [1.165, 1.54) is 11.1 Å². The Morgan fingerprint density at radius 2 is 1.70 bits per heavy atom. The molecule has 0 fully saturated rings. The Morgan fingerprint density at radius 1 is 1.00 bits per heavy atom. The van der Waals surface area contributed by atoms with E-state index < -0.39 is 5.97 Å². The van der Waals surface area contributed by atoms with Gasteiger partial charge >= 0.3 is 5.97 Å². The second-order valence-corrected chi connectivity index (χ2v) is 10.8. The summed E-state index contributed by atoms with van der Waals surface area (Å²) in [4.78, 5) is 31.2. The monoisotopic (exact) mass is 496 g/mol. The Hall–Kier alpha value is -3.93. The summed E-state index contributed by atoms with van der Waals surface area (Å²) in [5.41, 5.74) is 5.01. The van der Waals surface area contributed by atoms with Crippen LogP contribution in [-0.4, -0.2) is 40.0 Å². The van der Waals surface area contributed by atoms with Crippen LogP contribution in [0.15, 0.2) is 76.7 Å². The van der Waals surface area contributed by atoms with E-state index in [-0.39, 0.29) is 28.7 Å². The number of fused-ring (bicyclic) bond motifs is 1. The number of oxazole rings is 1. The molecule has 1 amide bonds. The van der Waals surface area contributed by atoms with E-state index in [2.05, 4.69) is 37.9 Å². The number of aryl methyl sites for hydroxylation is 1. The van der Waals surface area contributed by atoms with Crippen molar-refractivity contribution in [2.45, 2.75) is 40.5 Å². The van der Waals surface area contributed by atoms with E-state index in [1.807, 2.05) is 54.3 Å². The van der Waals surface area contributed by atoms with Crippen LogP contribution in [0.3, 0.4) is 0 Å². The lowest BCUT2D eigenvalue weighted by Crippen LogP contribution is -2.49. The molecule has 1 atom stereocenters. The standard InChI is InChI=1S/C31H32N2O4/c1-20-25(32-28(37-20)22-8-6-5-7-9-22)18-27(34)33-17-15-26-30(2,3)24(14-16-31(26,4)19-33)21-10-12-23(13-11-21)29(35)36/h5-15H,16-19H2,1-4H3,(H,35,36)/t31-/m1/s1. The molecule has 0 unspecified atom stereocenters. The van der Waals surface area contributed by atoms with Gasteiger partial charge in [0.1, 0.15) is 5.76 Å². The Bertz CT molecular complexity index is 1410. The predicted octanol–water partition coefficient (Wildman–Crippen LogP) is 6.18. The summed E-state index contributed by atoms with van der Waals surface area (Å²) in [6.07, 6.45) is 5.49. The van der Waals surface area contributed by atoms with Gasteiger partial charge in [0.05, 0.1) is 17.7 Å². The first-order valence-corrected chi connectivity index (χ1v) is 12.6. The first-order chi connectivity index (χ1) is 17.6. The summed E-state index contributed by atoms with van der Waals surface area (Å²) in [6, 6.07) is 16.8. The van der Waals surface area contributed by atoms with E-state index in [9.17, 15) is 14.7 Å². The molecule has 1 aromatic heterocycles. The van der Waals surface area contributed by atoms with Crippen LogP contribution < -0.4 is 0 Å². The van der Waals surface area contributed by atoms with Gasteiger partial charge in [0.2, 0.25) is 11.8 Å². The second kappa shape index (κ2) is 9.18. The Kier molecular flexibility index (Phi) is 6.14. The number of amides is 1. The van der Waals surface area contributed by atoms with Gasteiger partial charge in [0.15, 0.2) is 0 Å². The summed E-state index contributed by atoms with van der Waals surface area (Å²) < 4.78 is 5.86. The molecule has 3 aromatic rings. The molecular weight excluding hydrogens is 464 g/mol. The lowest BCUT2D eigenvalue weighted by molar-refractivity contribution is -0.131. The van der Waals surface area contributed by atoms with E-state index >= 15 is 0 Å². The molecule has 6 nitrogen and oxygen atoms in total. The molecule has 2 aliphatic rings. The number of aromatic carboxylic acids is 1. The van der Waals surface area contributed by atoms with E-state index in [0.717, 1.165) is 17.5 Å². The molecule has 2 aromatic carbocycles. The maximum Gasteiger partial charge on any atom is 0.335 e. The van der Waals surface area contributed by atoms with Gasteiger partial charge < -0.3 is 14.4 Å². The van der Waals surface area contributed by atoms with Gasteiger partial charge in [-0.3, -0.25) is 4.79 Å². The van der Waals surface area contributed by atoms with Crippen LogP contribution in [-0.2, 0) is 11.2 Å². The van der Waals surface area contributed by atoms with Crippen molar-refractivity contribution in [1.82, 2.24) is 9.88 Å². The van der Waals surface area contributed by atoms with Crippen LogP contribution in [0, 0.1) is 17.8 Å². The summed E-state index contributed by atoms with van der Waals surface area (Å²) in [5.74, 6) is 0.334. The predicted molar refractivity (Wildman–Crippen MR) is 143 cm³/mol. The number of aromatic nitrogens is 1. The Balaban J connectivity index is 1.34. The van der Waals surface area contributed by atoms with Crippen molar-refractivity contribution < 1.29 is 19.1 Å². The molecule has 0 bridgehead atoms. The summed E-state index contributed by atoms with van der Waals surface area (Å²) in [6.45, 7) is 9.72. The zero-order chi connectivity index (χ0) is 26.4. The Morgan fingerprint density at radius 3 is 2.38 bits per heavy atom. The number of carboxylic acid groups (broad SMARTS) is 1. The maximum absolute atomic E-state index is 13.4. The fraction of sp³-hybridized carbons (Fsp3) is 0.323. The molecule has 0 spiro atoms. The van der Waals surface area contributed by atoms with Gasteiger partial charge in [-0.05, 0) is 48.7 Å². The molecule has 1 N–H and O–H groups in total.